The summed E-state index contributed by atoms with van der Waals surface area (Å²) in [4.78, 5) is 34.7. The van der Waals surface area contributed by atoms with Crippen LogP contribution in [0.4, 0.5) is 9.59 Å². The smallest absolute Gasteiger partial charge is 0.460 e. The maximum absolute atomic E-state index is 11.8. The van der Waals surface area contributed by atoms with E-state index in [2.05, 4.69) is 9.84 Å². The highest BCUT2D eigenvalue weighted by molar-refractivity contribution is 6.36. The number of hydrogen-bond acceptors (Lipinski definition) is 5. The average Bonchev–Trinajstić information content (AvgIpc) is 2.54. The molecule has 1 heterocycles. The van der Waals surface area contributed by atoms with Crippen LogP contribution >= 0.6 is 0 Å². The molecule has 17 heavy (non-hydrogen) atoms. The normalized spacial score (nSPS) is 24.0. The predicted octanol–water partition coefficient (Wildman–Crippen LogP) is 0.489. The maximum atomic E-state index is 11.8. The molecule has 0 aromatic rings. The van der Waals surface area contributed by atoms with Crippen LogP contribution in [0.1, 0.15) is 20.8 Å². The van der Waals surface area contributed by atoms with Crippen LogP contribution in [-0.2, 0) is 9.53 Å². The number of rotatable bonds is 1. The van der Waals surface area contributed by atoms with Gasteiger partial charge in [0.1, 0.15) is 5.54 Å². The van der Waals surface area contributed by atoms with Crippen molar-refractivity contribution in [3.8, 4) is 0 Å². The van der Waals surface area contributed by atoms with Crippen molar-refractivity contribution in [3.63, 3.8) is 0 Å². The Hall–Kier alpha value is -1.96. The highest BCUT2D eigenvalue weighted by Crippen LogP contribution is 2.30. The molecule has 0 saturated carbocycles. The van der Waals surface area contributed by atoms with E-state index in [4.69, 9.17) is 0 Å². The van der Waals surface area contributed by atoms with Crippen LogP contribution in [0.25, 0.3) is 0 Å². The number of hydrogen-bond donors (Lipinski definition) is 2. The van der Waals surface area contributed by atoms with E-state index in [9.17, 15) is 19.5 Å². The molecular formula is C9H14N3O5+. The van der Waals surface area contributed by atoms with Gasteiger partial charge in [-0.2, -0.15) is 10.2 Å². The van der Waals surface area contributed by atoms with Gasteiger partial charge in [-0.25, -0.2) is 9.59 Å². The lowest BCUT2D eigenvalue weighted by atomic mass is 10.0. The Morgan fingerprint density at radius 3 is 2.29 bits per heavy atom. The molecular weight excluding hydrogens is 230 g/mol. The van der Waals surface area contributed by atoms with Crippen LogP contribution in [0.3, 0.4) is 0 Å². The van der Waals surface area contributed by atoms with Gasteiger partial charge >= 0.3 is 23.9 Å². The van der Waals surface area contributed by atoms with Crippen molar-refractivity contribution in [1.29, 1.82) is 0 Å². The Balaban J connectivity index is 3.47. The van der Waals surface area contributed by atoms with Crippen molar-refractivity contribution in [2.45, 2.75) is 26.3 Å². The minimum atomic E-state index is -1.49. The van der Waals surface area contributed by atoms with E-state index in [1.54, 1.807) is 0 Å². The second kappa shape index (κ2) is 3.81. The third-order valence-electron chi connectivity index (χ3n) is 2.54. The first-order chi connectivity index (χ1) is 7.69. The zero-order valence-electron chi connectivity index (χ0n) is 9.97. The predicted molar refractivity (Wildman–Crippen MR) is 56.0 cm³/mol. The van der Waals surface area contributed by atoms with Gasteiger partial charge in [0, 0.05) is 0 Å². The fraction of sp³-hybridized carbons (Fsp3) is 0.556. The number of imide groups is 1. The zero-order chi connectivity index (χ0) is 13.4. The van der Waals surface area contributed by atoms with Crippen molar-refractivity contribution >= 4 is 23.9 Å². The van der Waals surface area contributed by atoms with Crippen LogP contribution in [0.2, 0.25) is 0 Å². The summed E-state index contributed by atoms with van der Waals surface area (Å²) in [7, 11) is 1.09. The number of carbonyl (C=O) groups excluding carboxylic acids is 2. The fourth-order valence-corrected chi connectivity index (χ4v) is 1.71. The number of urea groups is 1. The topological polar surface area (TPSA) is 105 Å². The molecule has 2 N–H and O–H groups in total. The lowest BCUT2D eigenvalue weighted by Crippen LogP contribution is -2.69. The molecule has 0 aromatic heterocycles. The van der Waals surface area contributed by atoms with E-state index in [0.717, 1.165) is 7.11 Å². The number of carboxylic acid groups (broad SMARTS) is 1. The first-order valence-electron chi connectivity index (χ1n) is 4.79. The van der Waals surface area contributed by atoms with E-state index >= 15 is 0 Å². The largest absolute Gasteiger partial charge is 0.530 e. The second-order valence-corrected chi connectivity index (χ2v) is 4.47. The number of ether oxygens (including phenoxy) is 1. The van der Waals surface area contributed by atoms with Gasteiger partial charge in [0.15, 0.2) is 0 Å². The van der Waals surface area contributed by atoms with Gasteiger partial charge in [-0.15, -0.1) is 5.10 Å². The molecule has 0 aromatic carbocycles. The fourth-order valence-electron chi connectivity index (χ4n) is 1.71. The Kier molecular flexibility index (Phi) is 2.94. The summed E-state index contributed by atoms with van der Waals surface area (Å²) in [6, 6.07) is -0.898. The molecule has 0 spiro atoms. The molecule has 1 atom stereocenters. The van der Waals surface area contributed by atoms with Crippen molar-refractivity contribution in [3.05, 3.63) is 0 Å². The molecule has 1 rings (SSSR count). The van der Waals surface area contributed by atoms with Gasteiger partial charge in [0.05, 0.1) is 7.11 Å². The number of methoxy groups -OCH3 is 1. The quantitative estimate of drug-likeness (QED) is 0.516. The highest BCUT2D eigenvalue weighted by atomic mass is 16.5. The van der Waals surface area contributed by atoms with Crippen molar-refractivity contribution in [1.82, 2.24) is 5.43 Å². The van der Waals surface area contributed by atoms with Crippen molar-refractivity contribution in [2.75, 3.05) is 7.11 Å². The number of nitrogens with one attached hydrogen (secondary N) is 1. The lowest BCUT2D eigenvalue weighted by Gasteiger charge is -2.34. The Morgan fingerprint density at radius 2 is 1.94 bits per heavy atom. The minimum Gasteiger partial charge on any atom is -0.460 e. The number of esters is 1. The van der Waals surface area contributed by atoms with Gasteiger partial charge in [0.2, 0.25) is 0 Å². The molecule has 0 saturated heterocycles. The lowest BCUT2D eigenvalue weighted by molar-refractivity contribution is -0.732. The van der Waals surface area contributed by atoms with Crippen LogP contribution in [0, 0.1) is 0 Å². The van der Waals surface area contributed by atoms with Gasteiger partial charge in [-0.3, -0.25) is 0 Å². The van der Waals surface area contributed by atoms with Gasteiger partial charge in [-0.1, -0.05) is 4.48 Å². The van der Waals surface area contributed by atoms with Crippen LogP contribution in [-0.4, -0.2) is 46.2 Å². The standard InChI is InChI=1S/C9H13N3O5/c1-9(2,3)12(8(15)16)5(6(13)17-4)10-11-7(12)14/h1-4H3,(H-,11,13,14,15,16)/p+1. The number of nitrogens with zero attached hydrogens (tertiary/aromatic N) is 2. The van der Waals surface area contributed by atoms with Gasteiger partial charge in [0.25, 0.3) is 0 Å². The molecule has 0 bridgehead atoms. The molecule has 8 heteroatoms. The minimum absolute atomic E-state index is 0.488. The molecule has 1 aliphatic heterocycles. The summed E-state index contributed by atoms with van der Waals surface area (Å²) >= 11 is 0. The summed E-state index contributed by atoms with van der Waals surface area (Å²) in [5.41, 5.74) is 0.919. The number of quaternary nitrogens is 1. The monoisotopic (exact) mass is 244 g/mol. The maximum Gasteiger partial charge on any atom is 0.530 e. The first kappa shape index (κ1) is 13.1. The van der Waals surface area contributed by atoms with E-state index in [0.29, 0.717) is 0 Å². The van der Waals surface area contributed by atoms with Crippen molar-refractivity contribution in [2.24, 2.45) is 5.10 Å². The number of hydrazone groups is 1. The number of amides is 3. The van der Waals surface area contributed by atoms with Crippen LogP contribution < -0.4 is 5.43 Å². The Labute approximate surface area is 97.4 Å². The Bertz CT molecular complexity index is 423. The summed E-state index contributed by atoms with van der Waals surface area (Å²) in [5.74, 6) is -1.45. The zero-order valence-corrected chi connectivity index (χ0v) is 9.97. The van der Waals surface area contributed by atoms with E-state index in [1.807, 2.05) is 5.43 Å². The molecule has 0 fully saturated rings. The van der Waals surface area contributed by atoms with Crippen molar-refractivity contribution < 1.29 is 28.7 Å². The molecule has 1 unspecified atom stereocenters. The number of carbonyl (C=O) groups is 3. The molecule has 3 amide bonds. The summed E-state index contributed by atoms with van der Waals surface area (Å²) in [6.07, 6.45) is -1.49. The van der Waals surface area contributed by atoms with E-state index in [-0.39, 0.29) is 0 Å². The highest BCUT2D eigenvalue weighted by Gasteiger charge is 2.65. The second-order valence-electron chi connectivity index (χ2n) is 4.47. The average molecular weight is 244 g/mol. The van der Waals surface area contributed by atoms with Gasteiger partial charge < -0.3 is 9.84 Å². The third kappa shape index (κ3) is 1.57. The first-order valence-corrected chi connectivity index (χ1v) is 4.79. The third-order valence-corrected chi connectivity index (χ3v) is 2.54. The van der Waals surface area contributed by atoms with Crippen LogP contribution in [0.15, 0.2) is 5.10 Å². The van der Waals surface area contributed by atoms with Gasteiger partial charge in [-0.05, 0) is 20.8 Å². The molecule has 1 aliphatic rings. The molecule has 0 aliphatic carbocycles. The van der Waals surface area contributed by atoms with Crippen LogP contribution in [0.5, 0.6) is 0 Å². The molecule has 0 radical (unpaired) electrons. The Morgan fingerprint density at radius 1 is 1.41 bits per heavy atom. The SMILES string of the molecule is COC(=O)C1=NNC(=O)[N+]1(C(=O)O)C(C)(C)C. The van der Waals surface area contributed by atoms with E-state index < -0.39 is 34.0 Å². The summed E-state index contributed by atoms with van der Waals surface area (Å²) in [6.45, 7) is 4.56. The molecule has 8 nitrogen and oxygen atoms in total. The summed E-state index contributed by atoms with van der Waals surface area (Å²) in [5, 5.41) is 12.8. The number of amidine groups is 1. The summed E-state index contributed by atoms with van der Waals surface area (Å²) < 4.78 is 3.21. The molecule has 94 valence electrons. The van der Waals surface area contributed by atoms with E-state index in [1.165, 1.54) is 20.8 Å².